The lowest BCUT2D eigenvalue weighted by Gasteiger charge is -2.22. The summed E-state index contributed by atoms with van der Waals surface area (Å²) in [6.07, 6.45) is 2.03. The Hall–Kier alpha value is -1.63. The Morgan fingerprint density at radius 1 is 1.38 bits per heavy atom. The van der Waals surface area contributed by atoms with Crippen LogP contribution >= 0.6 is 0 Å². The first-order valence-electron chi connectivity index (χ1n) is 6.90. The third-order valence-corrected chi connectivity index (χ3v) is 4.85. The van der Waals surface area contributed by atoms with E-state index in [-0.39, 0.29) is 34.7 Å². The maximum Gasteiger partial charge on any atom is 0.270 e. The molecule has 0 radical (unpaired) electrons. The Morgan fingerprint density at radius 2 is 2.10 bits per heavy atom. The van der Waals surface area contributed by atoms with Gasteiger partial charge in [0.05, 0.1) is 11.5 Å². The molecule has 21 heavy (non-hydrogen) atoms. The van der Waals surface area contributed by atoms with Crippen LogP contribution in [0.5, 0.6) is 0 Å². The van der Waals surface area contributed by atoms with Crippen molar-refractivity contribution in [1.29, 1.82) is 0 Å². The van der Waals surface area contributed by atoms with E-state index in [1.165, 1.54) is 0 Å². The number of carbonyl (C=O) groups excluding carboxylic acids is 1. The molecule has 1 aliphatic rings. The molecule has 1 fully saturated rings. The van der Waals surface area contributed by atoms with Gasteiger partial charge in [0.2, 0.25) is 0 Å². The second-order valence-corrected chi connectivity index (χ2v) is 8.61. The van der Waals surface area contributed by atoms with Gasteiger partial charge >= 0.3 is 0 Å². The number of aromatic nitrogens is 1. The van der Waals surface area contributed by atoms with Gasteiger partial charge in [-0.3, -0.25) is 9.78 Å². The van der Waals surface area contributed by atoms with Crippen LogP contribution in [-0.4, -0.2) is 42.4 Å². The summed E-state index contributed by atoms with van der Waals surface area (Å²) < 4.78 is 22.8. The lowest BCUT2D eigenvalue weighted by atomic mass is 10.1. The van der Waals surface area contributed by atoms with E-state index >= 15 is 0 Å². The molecule has 1 atom stereocenters. The van der Waals surface area contributed by atoms with Gasteiger partial charge in [-0.25, -0.2) is 8.42 Å². The molecule has 1 saturated heterocycles. The second-order valence-electron chi connectivity index (χ2n) is 6.38. The van der Waals surface area contributed by atoms with Crippen molar-refractivity contribution in [2.75, 3.05) is 16.8 Å². The number of hydrogen-bond donors (Lipinski definition) is 2. The topological polar surface area (TPSA) is 88.2 Å². The summed E-state index contributed by atoms with van der Waals surface area (Å²) >= 11 is 0. The molecule has 2 rings (SSSR count). The minimum atomic E-state index is -3.00. The lowest BCUT2D eigenvalue weighted by Crippen LogP contribution is -2.36. The molecule has 7 heteroatoms. The van der Waals surface area contributed by atoms with Crippen LogP contribution < -0.4 is 10.6 Å². The minimum absolute atomic E-state index is 0.0126. The summed E-state index contributed by atoms with van der Waals surface area (Å²) in [5.41, 5.74) is 0.976. The second kappa shape index (κ2) is 5.63. The lowest BCUT2D eigenvalue weighted by molar-refractivity contribution is 0.0936. The molecule has 6 nitrogen and oxygen atoms in total. The molecular formula is C14H21N3O3S. The summed E-state index contributed by atoms with van der Waals surface area (Å²) in [5, 5.41) is 6.00. The predicted molar refractivity (Wildman–Crippen MR) is 82.1 cm³/mol. The summed E-state index contributed by atoms with van der Waals surface area (Å²) in [6.45, 7) is 6.07. The first kappa shape index (κ1) is 15.8. The Labute approximate surface area is 125 Å². The van der Waals surface area contributed by atoms with Gasteiger partial charge in [-0.05, 0) is 39.3 Å². The van der Waals surface area contributed by atoms with E-state index in [2.05, 4.69) is 15.6 Å². The molecule has 0 bridgehead atoms. The van der Waals surface area contributed by atoms with Crippen LogP contribution in [0, 0.1) is 0 Å². The van der Waals surface area contributed by atoms with Crippen molar-refractivity contribution >= 4 is 21.4 Å². The number of amides is 1. The maximum absolute atomic E-state index is 12.1. The Balaban J connectivity index is 2.04. The van der Waals surface area contributed by atoms with Crippen molar-refractivity contribution in [3.63, 3.8) is 0 Å². The van der Waals surface area contributed by atoms with E-state index < -0.39 is 9.84 Å². The zero-order valence-corrected chi connectivity index (χ0v) is 13.3. The number of nitrogens with one attached hydrogen (secondary N) is 2. The Bertz CT molecular complexity index is 635. The molecule has 1 aromatic rings. The van der Waals surface area contributed by atoms with Crippen molar-refractivity contribution in [3.05, 3.63) is 24.0 Å². The fraction of sp³-hybridized carbons (Fsp3) is 0.571. The summed E-state index contributed by atoms with van der Waals surface area (Å²) in [6, 6.07) is 3.15. The highest BCUT2D eigenvalue weighted by Crippen LogP contribution is 2.16. The number of nitrogens with zero attached hydrogens (tertiary/aromatic N) is 1. The van der Waals surface area contributed by atoms with E-state index in [0.717, 1.165) is 5.69 Å². The van der Waals surface area contributed by atoms with Crippen LogP contribution in [-0.2, 0) is 9.84 Å². The fourth-order valence-corrected chi connectivity index (χ4v) is 3.91. The van der Waals surface area contributed by atoms with Crippen LogP contribution in [0.2, 0.25) is 0 Å². The van der Waals surface area contributed by atoms with E-state index in [4.69, 9.17) is 0 Å². The van der Waals surface area contributed by atoms with Crippen LogP contribution in [0.3, 0.4) is 0 Å². The third kappa shape index (κ3) is 4.70. The molecule has 1 aliphatic heterocycles. The number of anilines is 1. The first-order valence-corrected chi connectivity index (χ1v) is 8.72. The molecular weight excluding hydrogens is 290 g/mol. The van der Waals surface area contributed by atoms with Gasteiger partial charge in [0, 0.05) is 23.5 Å². The van der Waals surface area contributed by atoms with Crippen molar-refractivity contribution in [3.8, 4) is 0 Å². The third-order valence-electron chi connectivity index (χ3n) is 3.08. The highest BCUT2D eigenvalue weighted by molar-refractivity contribution is 7.91. The summed E-state index contributed by atoms with van der Waals surface area (Å²) in [7, 11) is -3.00. The van der Waals surface area contributed by atoms with Gasteiger partial charge in [-0.2, -0.15) is 0 Å². The zero-order valence-electron chi connectivity index (χ0n) is 12.5. The summed E-state index contributed by atoms with van der Waals surface area (Å²) in [4.78, 5) is 16.2. The van der Waals surface area contributed by atoms with E-state index in [1.807, 2.05) is 20.8 Å². The average molecular weight is 311 g/mol. The molecule has 1 aromatic heterocycles. The van der Waals surface area contributed by atoms with Gasteiger partial charge < -0.3 is 10.6 Å². The van der Waals surface area contributed by atoms with E-state index in [9.17, 15) is 13.2 Å². The number of hydrogen-bond acceptors (Lipinski definition) is 5. The molecule has 0 aliphatic carbocycles. The van der Waals surface area contributed by atoms with Crippen molar-refractivity contribution in [2.45, 2.75) is 38.8 Å². The standard InChI is InChI=1S/C14H21N3O3S/c1-14(2,3)17-10-4-6-15-12(8-10)13(18)16-11-5-7-21(19,20)9-11/h4,6,8,11H,5,7,9H2,1-3H3,(H,15,17)(H,16,18). The van der Waals surface area contributed by atoms with E-state index in [0.29, 0.717) is 6.42 Å². The molecule has 1 unspecified atom stereocenters. The molecule has 0 saturated carbocycles. The molecule has 1 amide bonds. The van der Waals surface area contributed by atoms with Gasteiger partial charge in [0.1, 0.15) is 5.69 Å². The minimum Gasteiger partial charge on any atom is -0.380 e. The smallest absolute Gasteiger partial charge is 0.270 e. The van der Waals surface area contributed by atoms with Gasteiger partial charge in [-0.15, -0.1) is 0 Å². The van der Waals surface area contributed by atoms with Gasteiger partial charge in [-0.1, -0.05) is 0 Å². The SMILES string of the molecule is CC(C)(C)Nc1ccnc(C(=O)NC2CCS(=O)(=O)C2)c1. The van der Waals surface area contributed by atoms with Crippen molar-refractivity contribution in [2.24, 2.45) is 0 Å². The summed E-state index contributed by atoms with van der Waals surface area (Å²) in [5.74, 6) is -0.190. The molecule has 0 spiro atoms. The Kier molecular flexibility index (Phi) is 4.22. The largest absolute Gasteiger partial charge is 0.380 e. The van der Waals surface area contributed by atoms with Gasteiger partial charge in [0.15, 0.2) is 9.84 Å². The molecule has 2 N–H and O–H groups in total. The highest BCUT2D eigenvalue weighted by Gasteiger charge is 2.29. The van der Waals surface area contributed by atoms with Crippen molar-refractivity contribution in [1.82, 2.24) is 10.3 Å². The molecule has 116 valence electrons. The maximum atomic E-state index is 12.1. The van der Waals surface area contributed by atoms with E-state index in [1.54, 1.807) is 18.3 Å². The number of rotatable bonds is 3. The van der Waals surface area contributed by atoms with Crippen molar-refractivity contribution < 1.29 is 13.2 Å². The highest BCUT2D eigenvalue weighted by atomic mass is 32.2. The van der Waals surface area contributed by atoms with Crippen LogP contribution in [0.1, 0.15) is 37.7 Å². The zero-order chi connectivity index (χ0) is 15.7. The molecule has 0 aromatic carbocycles. The van der Waals surface area contributed by atoms with Crippen LogP contribution in [0.4, 0.5) is 5.69 Å². The van der Waals surface area contributed by atoms with Crippen LogP contribution in [0.15, 0.2) is 18.3 Å². The number of pyridine rings is 1. The monoisotopic (exact) mass is 311 g/mol. The normalized spacial score (nSPS) is 21.0. The number of carbonyl (C=O) groups is 1. The quantitative estimate of drug-likeness (QED) is 0.876. The van der Waals surface area contributed by atoms with Crippen LogP contribution in [0.25, 0.3) is 0 Å². The first-order chi connectivity index (χ1) is 9.65. The fourth-order valence-electron chi connectivity index (χ4n) is 2.23. The average Bonchev–Trinajstić information content (AvgIpc) is 2.66. The van der Waals surface area contributed by atoms with Gasteiger partial charge in [0.25, 0.3) is 5.91 Å². The number of sulfone groups is 1. The molecule has 2 heterocycles. The predicted octanol–water partition coefficient (Wildman–Crippen LogP) is 1.21. The Morgan fingerprint density at radius 3 is 2.67 bits per heavy atom.